The Balaban J connectivity index is 1.84. The van der Waals surface area contributed by atoms with E-state index in [-0.39, 0.29) is 11.8 Å². The van der Waals surface area contributed by atoms with Gasteiger partial charge < -0.3 is 9.80 Å². The molecule has 0 saturated carbocycles. The van der Waals surface area contributed by atoms with E-state index in [1.54, 1.807) is 0 Å². The third-order valence-corrected chi connectivity index (χ3v) is 3.90. The molecule has 21 heavy (non-hydrogen) atoms. The van der Waals surface area contributed by atoms with E-state index in [1.165, 1.54) is 5.56 Å². The molecular formula is C17H24N2O2. The second kappa shape index (κ2) is 7.81. The minimum Gasteiger partial charge on any atom is -0.341 e. The molecule has 4 nitrogen and oxygen atoms in total. The van der Waals surface area contributed by atoms with Crippen LogP contribution in [0.1, 0.15) is 31.7 Å². The number of hydrogen-bond donors (Lipinski definition) is 0. The highest BCUT2D eigenvalue weighted by Crippen LogP contribution is 2.09. The Bertz CT molecular complexity index is 473. The van der Waals surface area contributed by atoms with Crippen LogP contribution in [-0.2, 0) is 16.0 Å². The van der Waals surface area contributed by atoms with Crippen LogP contribution in [0.2, 0.25) is 0 Å². The van der Waals surface area contributed by atoms with E-state index in [1.807, 2.05) is 40.1 Å². The Kier molecular flexibility index (Phi) is 5.78. The van der Waals surface area contributed by atoms with Gasteiger partial charge in [-0.05, 0) is 18.4 Å². The maximum atomic E-state index is 12.3. The van der Waals surface area contributed by atoms with E-state index in [9.17, 15) is 9.59 Å². The van der Waals surface area contributed by atoms with Crippen molar-refractivity contribution in [1.29, 1.82) is 0 Å². The van der Waals surface area contributed by atoms with Crippen molar-refractivity contribution in [1.82, 2.24) is 9.80 Å². The van der Waals surface area contributed by atoms with Crippen molar-refractivity contribution in [2.24, 2.45) is 0 Å². The zero-order chi connectivity index (χ0) is 15.1. The first-order valence-electron chi connectivity index (χ1n) is 7.80. The normalized spacial score (nSPS) is 16.0. The Labute approximate surface area is 126 Å². The fourth-order valence-electron chi connectivity index (χ4n) is 2.68. The number of amides is 2. The summed E-state index contributed by atoms with van der Waals surface area (Å²) in [6.07, 6.45) is 2.71. The van der Waals surface area contributed by atoms with Crippen LogP contribution in [0.5, 0.6) is 0 Å². The van der Waals surface area contributed by atoms with E-state index in [0.29, 0.717) is 32.5 Å². The minimum atomic E-state index is 0.157. The van der Waals surface area contributed by atoms with E-state index in [0.717, 1.165) is 19.4 Å². The van der Waals surface area contributed by atoms with Crippen LogP contribution in [0.3, 0.4) is 0 Å². The summed E-state index contributed by atoms with van der Waals surface area (Å²) in [5.41, 5.74) is 1.18. The fraction of sp³-hybridized carbons (Fsp3) is 0.529. The lowest BCUT2D eigenvalue weighted by atomic mass is 10.1. The molecule has 0 unspecified atom stereocenters. The lowest BCUT2D eigenvalue weighted by molar-refractivity contribution is -0.131. The molecule has 0 atom stereocenters. The van der Waals surface area contributed by atoms with Gasteiger partial charge in [0.25, 0.3) is 0 Å². The second-order valence-electron chi connectivity index (χ2n) is 5.50. The number of nitrogens with zero attached hydrogens (tertiary/aromatic N) is 2. The lowest BCUT2D eigenvalue weighted by Crippen LogP contribution is -2.36. The van der Waals surface area contributed by atoms with E-state index < -0.39 is 0 Å². The third-order valence-electron chi connectivity index (χ3n) is 3.90. The van der Waals surface area contributed by atoms with Crippen molar-refractivity contribution in [3.63, 3.8) is 0 Å². The van der Waals surface area contributed by atoms with Gasteiger partial charge in [-0.25, -0.2) is 0 Å². The van der Waals surface area contributed by atoms with Gasteiger partial charge in [0.1, 0.15) is 0 Å². The van der Waals surface area contributed by atoms with Gasteiger partial charge in [0, 0.05) is 39.0 Å². The summed E-state index contributed by atoms with van der Waals surface area (Å²) >= 11 is 0. The number of aryl methyl sites for hydroxylation is 1. The van der Waals surface area contributed by atoms with Crippen LogP contribution in [-0.4, -0.2) is 47.8 Å². The molecule has 0 N–H and O–H groups in total. The summed E-state index contributed by atoms with van der Waals surface area (Å²) in [4.78, 5) is 28.0. The summed E-state index contributed by atoms with van der Waals surface area (Å²) in [5, 5.41) is 0. The van der Waals surface area contributed by atoms with Gasteiger partial charge in [0.05, 0.1) is 0 Å². The first-order chi connectivity index (χ1) is 10.2. The maximum Gasteiger partial charge on any atom is 0.224 e. The molecule has 0 bridgehead atoms. The molecule has 0 aliphatic carbocycles. The molecule has 1 saturated heterocycles. The molecule has 1 aliphatic heterocycles. The average molecular weight is 288 g/mol. The van der Waals surface area contributed by atoms with E-state index >= 15 is 0 Å². The quantitative estimate of drug-likeness (QED) is 0.832. The summed E-state index contributed by atoms with van der Waals surface area (Å²) in [5.74, 6) is 0.334. The molecule has 1 aliphatic rings. The third kappa shape index (κ3) is 4.59. The van der Waals surface area contributed by atoms with Gasteiger partial charge in [-0.15, -0.1) is 0 Å². The van der Waals surface area contributed by atoms with Crippen molar-refractivity contribution in [2.75, 3.05) is 26.2 Å². The van der Waals surface area contributed by atoms with Crippen molar-refractivity contribution in [2.45, 2.75) is 32.6 Å². The molecule has 1 fully saturated rings. The zero-order valence-electron chi connectivity index (χ0n) is 12.8. The summed E-state index contributed by atoms with van der Waals surface area (Å²) < 4.78 is 0. The molecule has 1 heterocycles. The van der Waals surface area contributed by atoms with Crippen LogP contribution < -0.4 is 0 Å². The highest BCUT2D eigenvalue weighted by atomic mass is 16.2. The molecular weight excluding hydrogens is 264 g/mol. The smallest absolute Gasteiger partial charge is 0.224 e. The molecule has 2 rings (SSSR count). The van der Waals surface area contributed by atoms with E-state index in [2.05, 4.69) is 6.92 Å². The number of benzene rings is 1. The summed E-state index contributed by atoms with van der Waals surface area (Å²) in [6.45, 7) is 4.77. The van der Waals surface area contributed by atoms with Gasteiger partial charge in [-0.1, -0.05) is 37.3 Å². The lowest BCUT2D eigenvalue weighted by Gasteiger charge is -2.22. The predicted octanol–water partition coefficient (Wildman–Crippen LogP) is 2.09. The van der Waals surface area contributed by atoms with Gasteiger partial charge in [-0.3, -0.25) is 9.59 Å². The monoisotopic (exact) mass is 288 g/mol. The average Bonchev–Trinajstić information content (AvgIpc) is 2.69. The van der Waals surface area contributed by atoms with Gasteiger partial charge >= 0.3 is 0 Å². The number of carbonyl (C=O) groups is 2. The highest BCUT2D eigenvalue weighted by molar-refractivity contribution is 5.80. The van der Waals surface area contributed by atoms with E-state index in [4.69, 9.17) is 0 Å². The van der Waals surface area contributed by atoms with Crippen molar-refractivity contribution in [3.05, 3.63) is 35.9 Å². The van der Waals surface area contributed by atoms with Gasteiger partial charge in [0.15, 0.2) is 0 Å². The molecule has 0 radical (unpaired) electrons. The second-order valence-corrected chi connectivity index (χ2v) is 5.50. The first kappa shape index (κ1) is 15.5. The van der Waals surface area contributed by atoms with Crippen LogP contribution in [0.15, 0.2) is 30.3 Å². The Morgan fingerprint density at radius 3 is 2.62 bits per heavy atom. The van der Waals surface area contributed by atoms with Crippen molar-refractivity contribution < 1.29 is 9.59 Å². The topological polar surface area (TPSA) is 40.6 Å². The summed E-state index contributed by atoms with van der Waals surface area (Å²) in [6, 6.07) is 10.1. The molecule has 2 amide bonds. The van der Waals surface area contributed by atoms with Gasteiger partial charge in [0.2, 0.25) is 11.8 Å². The molecule has 1 aromatic rings. The maximum absolute atomic E-state index is 12.3. The van der Waals surface area contributed by atoms with Crippen LogP contribution in [0.25, 0.3) is 0 Å². The number of rotatable bonds is 5. The summed E-state index contributed by atoms with van der Waals surface area (Å²) in [7, 11) is 0. The molecule has 0 spiro atoms. The molecule has 0 aromatic heterocycles. The number of carbonyl (C=O) groups excluding carboxylic acids is 2. The van der Waals surface area contributed by atoms with Gasteiger partial charge in [-0.2, -0.15) is 0 Å². The highest BCUT2D eigenvalue weighted by Gasteiger charge is 2.22. The molecule has 1 aromatic carbocycles. The predicted molar refractivity (Wildman–Crippen MR) is 82.8 cm³/mol. The first-order valence-corrected chi connectivity index (χ1v) is 7.80. The Morgan fingerprint density at radius 2 is 1.90 bits per heavy atom. The minimum absolute atomic E-state index is 0.157. The fourth-order valence-corrected chi connectivity index (χ4v) is 2.68. The Morgan fingerprint density at radius 1 is 1.14 bits per heavy atom. The van der Waals surface area contributed by atoms with Crippen LogP contribution in [0, 0.1) is 0 Å². The van der Waals surface area contributed by atoms with Crippen LogP contribution in [0.4, 0.5) is 0 Å². The van der Waals surface area contributed by atoms with Crippen LogP contribution >= 0.6 is 0 Å². The Hall–Kier alpha value is -1.84. The SMILES string of the molecule is CCCN1CCN(C(=O)CCc2ccccc2)CCC1=O. The van der Waals surface area contributed by atoms with Crippen molar-refractivity contribution in [3.8, 4) is 0 Å². The molecule has 114 valence electrons. The standard InChI is InChI=1S/C17H24N2O2/c1-2-11-18-13-14-19(12-10-17(18)21)16(20)9-8-15-6-4-3-5-7-15/h3-7H,2,8-14H2,1H3. The zero-order valence-corrected chi connectivity index (χ0v) is 12.8. The largest absolute Gasteiger partial charge is 0.341 e. The number of hydrogen-bond acceptors (Lipinski definition) is 2. The molecule has 4 heteroatoms. The van der Waals surface area contributed by atoms with Crippen molar-refractivity contribution >= 4 is 11.8 Å².